The fourth-order valence-corrected chi connectivity index (χ4v) is 1.28. The van der Waals surface area contributed by atoms with Gasteiger partial charge in [0.1, 0.15) is 5.67 Å². The molecule has 0 heterocycles. The summed E-state index contributed by atoms with van der Waals surface area (Å²) in [5.74, 6) is 0. The van der Waals surface area contributed by atoms with E-state index in [1.807, 2.05) is 31.2 Å². The first kappa shape index (κ1) is 10.2. The highest BCUT2D eigenvalue weighted by Gasteiger charge is 2.21. The smallest absolute Gasteiger partial charge is 0.124 e. The molecule has 1 nitrogen and oxygen atoms in total. The molecular formula is C11H16FN. The van der Waals surface area contributed by atoms with Gasteiger partial charge in [0.15, 0.2) is 0 Å². The first-order valence-corrected chi connectivity index (χ1v) is 4.49. The number of nitrogens with two attached hydrogens (primary N) is 1. The van der Waals surface area contributed by atoms with Crippen molar-refractivity contribution in [3.63, 3.8) is 0 Å². The van der Waals surface area contributed by atoms with Gasteiger partial charge in [-0.2, -0.15) is 0 Å². The molecule has 1 aromatic carbocycles. The van der Waals surface area contributed by atoms with Crippen LogP contribution in [-0.4, -0.2) is 12.2 Å². The normalized spacial score (nSPS) is 15.4. The van der Waals surface area contributed by atoms with E-state index in [1.54, 1.807) is 6.92 Å². The van der Waals surface area contributed by atoms with E-state index in [0.29, 0.717) is 6.42 Å². The van der Waals surface area contributed by atoms with E-state index < -0.39 is 5.67 Å². The molecule has 0 amide bonds. The topological polar surface area (TPSA) is 26.0 Å². The van der Waals surface area contributed by atoms with Gasteiger partial charge < -0.3 is 5.73 Å². The van der Waals surface area contributed by atoms with Crippen molar-refractivity contribution in [2.45, 2.75) is 25.9 Å². The third kappa shape index (κ3) is 2.81. The standard InChI is InChI=1S/C11H16FN/c1-9-5-3-4-6-10(9)7-11(2,12)8-13/h3-6H,7-8,13H2,1-2H3. The zero-order valence-electron chi connectivity index (χ0n) is 8.18. The van der Waals surface area contributed by atoms with Crippen LogP contribution in [0.2, 0.25) is 0 Å². The summed E-state index contributed by atoms with van der Waals surface area (Å²) in [7, 11) is 0. The molecule has 13 heavy (non-hydrogen) atoms. The lowest BCUT2D eigenvalue weighted by Crippen LogP contribution is -2.31. The number of alkyl halides is 1. The van der Waals surface area contributed by atoms with Gasteiger partial charge in [-0.25, -0.2) is 4.39 Å². The van der Waals surface area contributed by atoms with Gasteiger partial charge in [-0.15, -0.1) is 0 Å². The molecular weight excluding hydrogens is 165 g/mol. The van der Waals surface area contributed by atoms with E-state index in [0.717, 1.165) is 11.1 Å². The van der Waals surface area contributed by atoms with Crippen LogP contribution in [0.3, 0.4) is 0 Å². The fourth-order valence-electron chi connectivity index (χ4n) is 1.28. The average molecular weight is 181 g/mol. The predicted molar refractivity (Wildman–Crippen MR) is 53.5 cm³/mol. The first-order valence-electron chi connectivity index (χ1n) is 4.49. The maximum atomic E-state index is 13.6. The lowest BCUT2D eigenvalue weighted by molar-refractivity contribution is 0.200. The summed E-state index contributed by atoms with van der Waals surface area (Å²) in [6.07, 6.45) is 0.399. The van der Waals surface area contributed by atoms with Crippen molar-refractivity contribution < 1.29 is 4.39 Å². The molecule has 1 atom stereocenters. The van der Waals surface area contributed by atoms with E-state index in [9.17, 15) is 4.39 Å². The molecule has 0 aliphatic heterocycles. The van der Waals surface area contributed by atoms with Crippen molar-refractivity contribution in [1.82, 2.24) is 0 Å². The Morgan fingerprint density at radius 1 is 1.38 bits per heavy atom. The monoisotopic (exact) mass is 181 g/mol. The van der Waals surface area contributed by atoms with Crippen LogP contribution in [0.25, 0.3) is 0 Å². The van der Waals surface area contributed by atoms with Crippen LogP contribution in [0.1, 0.15) is 18.1 Å². The van der Waals surface area contributed by atoms with Crippen molar-refractivity contribution in [3.05, 3.63) is 35.4 Å². The highest BCUT2D eigenvalue weighted by molar-refractivity contribution is 5.26. The molecule has 0 fully saturated rings. The summed E-state index contributed by atoms with van der Waals surface area (Å²) in [6, 6.07) is 7.82. The molecule has 0 saturated heterocycles. The predicted octanol–water partition coefficient (Wildman–Crippen LogP) is 2.22. The molecule has 0 saturated carbocycles. The van der Waals surface area contributed by atoms with Gasteiger partial charge in [0.25, 0.3) is 0 Å². The largest absolute Gasteiger partial charge is 0.328 e. The van der Waals surface area contributed by atoms with Crippen molar-refractivity contribution >= 4 is 0 Å². The molecule has 1 aromatic rings. The lowest BCUT2D eigenvalue weighted by atomic mass is 9.95. The van der Waals surface area contributed by atoms with Crippen molar-refractivity contribution in [2.75, 3.05) is 6.54 Å². The summed E-state index contributed by atoms with van der Waals surface area (Å²) >= 11 is 0. The maximum absolute atomic E-state index is 13.6. The zero-order valence-corrected chi connectivity index (χ0v) is 8.18. The Morgan fingerprint density at radius 3 is 2.54 bits per heavy atom. The molecule has 0 bridgehead atoms. The quantitative estimate of drug-likeness (QED) is 0.760. The minimum absolute atomic E-state index is 0.0708. The van der Waals surface area contributed by atoms with Gasteiger partial charge >= 0.3 is 0 Å². The number of rotatable bonds is 3. The average Bonchev–Trinajstić information content (AvgIpc) is 2.09. The molecule has 1 rings (SSSR count). The van der Waals surface area contributed by atoms with Crippen LogP contribution in [0.5, 0.6) is 0 Å². The van der Waals surface area contributed by atoms with Gasteiger partial charge in [0.05, 0.1) is 0 Å². The van der Waals surface area contributed by atoms with Crippen molar-refractivity contribution in [3.8, 4) is 0 Å². The minimum atomic E-state index is -1.29. The Balaban J connectivity index is 2.80. The van der Waals surface area contributed by atoms with Gasteiger partial charge in [0.2, 0.25) is 0 Å². The summed E-state index contributed by atoms with van der Waals surface area (Å²) in [5, 5.41) is 0. The van der Waals surface area contributed by atoms with Gasteiger partial charge in [0, 0.05) is 13.0 Å². The van der Waals surface area contributed by atoms with Crippen LogP contribution >= 0.6 is 0 Å². The van der Waals surface area contributed by atoms with Crippen LogP contribution < -0.4 is 5.73 Å². The van der Waals surface area contributed by atoms with E-state index in [1.165, 1.54) is 0 Å². The molecule has 0 radical (unpaired) electrons. The first-order chi connectivity index (χ1) is 6.05. The lowest BCUT2D eigenvalue weighted by Gasteiger charge is -2.18. The van der Waals surface area contributed by atoms with Crippen molar-refractivity contribution in [2.24, 2.45) is 5.73 Å². The van der Waals surface area contributed by atoms with Gasteiger partial charge in [-0.1, -0.05) is 24.3 Å². The molecule has 2 N–H and O–H groups in total. The number of aryl methyl sites for hydroxylation is 1. The molecule has 0 aliphatic rings. The second kappa shape index (κ2) is 3.88. The Hall–Kier alpha value is -0.890. The number of halogens is 1. The molecule has 72 valence electrons. The van der Waals surface area contributed by atoms with E-state index in [-0.39, 0.29) is 6.54 Å². The number of benzene rings is 1. The van der Waals surface area contributed by atoms with Gasteiger partial charge in [-0.3, -0.25) is 0 Å². The van der Waals surface area contributed by atoms with E-state index >= 15 is 0 Å². The summed E-state index contributed by atoms with van der Waals surface area (Å²) in [6.45, 7) is 3.60. The SMILES string of the molecule is Cc1ccccc1CC(C)(F)CN. The number of hydrogen-bond donors (Lipinski definition) is 1. The Kier molecular flexibility index (Phi) is 3.04. The van der Waals surface area contributed by atoms with E-state index in [4.69, 9.17) is 5.73 Å². The van der Waals surface area contributed by atoms with Crippen LogP contribution in [-0.2, 0) is 6.42 Å². The Labute approximate surface area is 78.8 Å². The second-order valence-electron chi connectivity index (χ2n) is 3.72. The highest BCUT2D eigenvalue weighted by Crippen LogP contribution is 2.18. The minimum Gasteiger partial charge on any atom is -0.328 e. The summed E-state index contributed by atoms with van der Waals surface area (Å²) in [4.78, 5) is 0. The van der Waals surface area contributed by atoms with E-state index in [2.05, 4.69) is 0 Å². The maximum Gasteiger partial charge on any atom is 0.124 e. The third-order valence-electron chi connectivity index (χ3n) is 2.25. The molecule has 0 spiro atoms. The van der Waals surface area contributed by atoms with Crippen LogP contribution in [0, 0.1) is 6.92 Å². The Bertz CT molecular complexity index is 281. The molecule has 0 aliphatic carbocycles. The number of hydrogen-bond acceptors (Lipinski definition) is 1. The second-order valence-corrected chi connectivity index (χ2v) is 3.72. The van der Waals surface area contributed by atoms with Crippen LogP contribution in [0.15, 0.2) is 24.3 Å². The zero-order chi connectivity index (χ0) is 9.90. The van der Waals surface area contributed by atoms with Gasteiger partial charge in [-0.05, 0) is 25.0 Å². The molecule has 1 unspecified atom stereocenters. The van der Waals surface area contributed by atoms with Crippen LogP contribution in [0.4, 0.5) is 4.39 Å². The fraction of sp³-hybridized carbons (Fsp3) is 0.455. The summed E-state index contributed by atoms with van der Waals surface area (Å²) < 4.78 is 13.6. The molecule has 0 aromatic heterocycles. The van der Waals surface area contributed by atoms with Crippen molar-refractivity contribution in [1.29, 1.82) is 0 Å². The third-order valence-corrected chi connectivity index (χ3v) is 2.25. The Morgan fingerprint density at radius 2 is 2.00 bits per heavy atom. The molecule has 2 heteroatoms. The highest BCUT2D eigenvalue weighted by atomic mass is 19.1. The summed E-state index contributed by atoms with van der Waals surface area (Å²) in [5.41, 5.74) is 6.21.